The maximum atomic E-state index is 7.50. The van der Waals surface area contributed by atoms with E-state index in [1.54, 1.807) is 0 Å². The molecule has 0 atom stereocenters. The number of nitrogens with zero attached hydrogens (tertiary/aromatic N) is 1. The molecular formula is CNNiO. The fraction of sp³-hybridized carbons (Fsp3) is 0. The Morgan fingerprint density at radius 1 is 1.25 bits per heavy atom. The van der Waals surface area contributed by atoms with Crippen molar-refractivity contribution in [3.8, 4) is 0 Å². The van der Waals surface area contributed by atoms with Crippen LogP contribution in [0.3, 0.4) is 0 Å². The van der Waals surface area contributed by atoms with Gasteiger partial charge in [0.2, 0.25) is 0 Å². The molecule has 0 unspecified atom stereocenters. The molecule has 0 aliphatic heterocycles. The third-order valence-corrected chi connectivity index (χ3v) is 0. The van der Waals surface area contributed by atoms with E-state index in [0.29, 0.717) is 0 Å². The van der Waals surface area contributed by atoms with Gasteiger partial charge in [-0.25, -0.2) is 0 Å². The van der Waals surface area contributed by atoms with Gasteiger partial charge in [-0.15, -0.1) is 0 Å². The first-order chi connectivity index (χ1) is 1.00. The molecular weight excluding hydrogens is 101 g/mol. The zero-order valence-electron chi connectivity index (χ0n) is 1.67. The Hall–Kier alpha value is 0.124. The van der Waals surface area contributed by atoms with E-state index in [1.807, 2.05) is 0 Å². The topological polar surface area (TPSA) is 47.6 Å². The quantitative estimate of drug-likeness (QED) is 0.365. The zero-order valence-corrected chi connectivity index (χ0v) is 2.66. The van der Waals surface area contributed by atoms with E-state index in [-0.39, 0.29) is 22.6 Å². The van der Waals surface area contributed by atoms with E-state index in [1.165, 1.54) is 0 Å². The van der Waals surface area contributed by atoms with E-state index >= 15 is 0 Å². The van der Waals surface area contributed by atoms with Crippen LogP contribution >= 0.6 is 0 Å². The van der Waals surface area contributed by atoms with Gasteiger partial charge in [0.15, 0.2) is 0 Å². The second kappa shape index (κ2) is 923. The van der Waals surface area contributed by atoms with Crippen molar-refractivity contribution in [2.45, 2.75) is 0 Å². The van der Waals surface area contributed by atoms with E-state index in [4.69, 9.17) is 4.79 Å². The molecule has 5 radical (unpaired) electrons. The van der Waals surface area contributed by atoms with Crippen molar-refractivity contribution < 1.29 is 21.3 Å². The van der Waals surface area contributed by atoms with Crippen LogP contribution in [0.2, 0.25) is 0 Å². The molecule has 0 aromatic heterocycles. The molecule has 3 heteroatoms. The Morgan fingerprint density at radius 2 is 1.25 bits per heavy atom. The second-order valence-corrected chi connectivity index (χ2v) is 0. The molecule has 0 fully saturated rings. The molecule has 4 heavy (non-hydrogen) atoms. The van der Waals surface area contributed by atoms with Gasteiger partial charge < -0.3 is 0 Å². The maximum Gasteiger partial charge on any atom is 0.281 e. The number of carbonyl (C=O) groups excluding carboxylic acids is 1. The third kappa shape index (κ3) is 176. The fourth-order valence-corrected chi connectivity index (χ4v) is 0. The van der Waals surface area contributed by atoms with Crippen molar-refractivity contribution in [3.05, 3.63) is 0 Å². The van der Waals surface area contributed by atoms with Gasteiger partial charge in [0.25, 0.3) is 6.79 Å². The van der Waals surface area contributed by atoms with E-state index in [9.17, 15) is 0 Å². The van der Waals surface area contributed by atoms with Crippen LogP contribution in [0.15, 0.2) is 0 Å². The molecule has 0 aliphatic carbocycles. The summed E-state index contributed by atoms with van der Waals surface area (Å²) in [7, 11) is 0. The number of hydrogen-bond acceptors (Lipinski definition) is 1. The van der Waals surface area contributed by atoms with Crippen molar-refractivity contribution in [2.75, 3.05) is 0 Å². The van der Waals surface area contributed by atoms with Gasteiger partial charge in [-0.05, 0) is 0 Å². The van der Waals surface area contributed by atoms with E-state index in [2.05, 4.69) is 6.79 Å². The van der Waals surface area contributed by atoms with Crippen LogP contribution in [0.4, 0.5) is 0 Å². The summed E-state index contributed by atoms with van der Waals surface area (Å²) in [5.41, 5.74) is 0. The molecule has 25 valence electrons. The molecule has 0 amide bonds. The summed E-state index contributed by atoms with van der Waals surface area (Å²) < 4.78 is 0. The summed E-state index contributed by atoms with van der Waals surface area (Å²) in [5.74, 6) is 0. The first kappa shape index (κ1) is 31.9. The summed E-state index contributed by atoms with van der Waals surface area (Å²) in [5, 5.41) is 0. The van der Waals surface area contributed by atoms with E-state index < -0.39 is 0 Å². The predicted octanol–water partition coefficient (Wildman–Crippen LogP) is -0.880. The predicted molar refractivity (Wildman–Crippen MR) is 7.83 cm³/mol. The van der Waals surface area contributed by atoms with Gasteiger partial charge in [0.05, 0.1) is 0 Å². The molecule has 0 aromatic rings. The van der Waals surface area contributed by atoms with Gasteiger partial charge in [-0.3, -0.25) is 4.79 Å². The van der Waals surface area contributed by atoms with Crippen LogP contribution in [-0.4, -0.2) is 6.79 Å². The average molecular weight is 101 g/mol. The van der Waals surface area contributed by atoms with Crippen LogP contribution < -0.4 is 6.15 Å². The van der Waals surface area contributed by atoms with Crippen LogP contribution in [0.1, 0.15) is 0 Å². The minimum Gasteiger partial charge on any atom is -0.281 e. The molecule has 0 spiro atoms. The van der Waals surface area contributed by atoms with Crippen LogP contribution in [0.5, 0.6) is 0 Å². The van der Waals surface area contributed by atoms with Crippen molar-refractivity contribution in [2.24, 2.45) is 0 Å². The van der Waals surface area contributed by atoms with Crippen molar-refractivity contribution in [3.63, 3.8) is 0 Å². The molecule has 0 aliphatic rings. The molecule has 0 saturated heterocycles. The largest absolute Gasteiger partial charge is 0.281 e. The summed E-state index contributed by atoms with van der Waals surface area (Å²) >= 11 is 0. The summed E-state index contributed by atoms with van der Waals surface area (Å²) in [6.07, 6.45) is 0. The molecule has 0 heterocycles. The number of hydrogen-bond donors (Lipinski definition) is 0. The summed E-state index contributed by atoms with van der Waals surface area (Å²) in [4.78, 5) is 7.50. The monoisotopic (exact) mass is 99.9 g/mol. The Bertz CT molecular complexity index is 8.00. The van der Waals surface area contributed by atoms with E-state index in [0.717, 1.165) is 0 Å². The fourth-order valence-electron chi connectivity index (χ4n) is 0. The molecule has 0 rings (SSSR count). The average Bonchev–Trinajstić information content (AvgIpc) is 1.00. The van der Waals surface area contributed by atoms with Crippen molar-refractivity contribution >= 4 is 6.79 Å². The van der Waals surface area contributed by atoms with Gasteiger partial charge in [-0.2, -0.15) is 0 Å². The molecule has 0 aromatic carbocycles. The van der Waals surface area contributed by atoms with Crippen LogP contribution in [0.25, 0.3) is 0 Å². The minimum atomic E-state index is 0. The Kier molecular flexibility index (Phi) is 7360. The number of rotatable bonds is 0. The molecule has 0 bridgehead atoms. The van der Waals surface area contributed by atoms with Crippen LogP contribution in [-0.2, 0) is 21.3 Å². The normalized spacial score (nSPS) is 1.00. The second-order valence-electron chi connectivity index (χ2n) is 0. The molecule has 0 N–H and O–H groups in total. The van der Waals surface area contributed by atoms with Crippen molar-refractivity contribution in [1.29, 1.82) is 0 Å². The Balaban J connectivity index is -0.00000000500. The first-order valence-corrected chi connectivity index (χ1v) is 0.204. The summed E-state index contributed by atoms with van der Waals surface area (Å²) in [6.45, 7) is 4.50. The SMILES string of the molecule is [C]=O.[N].[Ni]. The maximum absolute atomic E-state index is 7.50. The molecule has 0 saturated carbocycles. The van der Waals surface area contributed by atoms with Crippen LogP contribution in [0, 0.1) is 0 Å². The Morgan fingerprint density at radius 3 is 1.25 bits per heavy atom. The molecule has 2 nitrogen and oxygen atoms in total. The van der Waals surface area contributed by atoms with Gasteiger partial charge in [0.1, 0.15) is 0 Å². The first-order valence-electron chi connectivity index (χ1n) is 0.204. The van der Waals surface area contributed by atoms with Crippen molar-refractivity contribution in [1.82, 2.24) is 6.15 Å². The zero-order chi connectivity index (χ0) is 2.00. The summed E-state index contributed by atoms with van der Waals surface area (Å²) in [6, 6.07) is 0. The third-order valence-electron chi connectivity index (χ3n) is 0. The smallest absolute Gasteiger partial charge is 0.281 e. The van der Waals surface area contributed by atoms with Gasteiger partial charge >= 0.3 is 0 Å². The van der Waals surface area contributed by atoms with Gasteiger partial charge in [-0.1, -0.05) is 0 Å². The Labute approximate surface area is 35.1 Å². The standard InChI is InChI=1S/CO.N.Ni/c1-2;;. The van der Waals surface area contributed by atoms with Gasteiger partial charge in [0, 0.05) is 22.6 Å². The minimum absolute atomic E-state index is 0.